The maximum absolute atomic E-state index is 13.3. The minimum Gasteiger partial charge on any atom is -0.469 e. The molecule has 1 N–H and O–H groups in total. The Balaban J connectivity index is 1.41. The number of fused-ring (bicyclic) bond motifs is 2. The van der Waals surface area contributed by atoms with E-state index in [4.69, 9.17) is 14.4 Å². The number of nitrogens with zero attached hydrogens (tertiary/aromatic N) is 3. The van der Waals surface area contributed by atoms with Gasteiger partial charge >= 0.3 is 0 Å². The number of aromatic nitrogens is 2. The van der Waals surface area contributed by atoms with Crippen LogP contribution >= 0.6 is 0 Å². The molecule has 1 unspecified atom stereocenters. The Labute approximate surface area is 192 Å². The van der Waals surface area contributed by atoms with Crippen molar-refractivity contribution >= 4 is 23.2 Å². The molecule has 3 heterocycles. The zero-order valence-electron chi connectivity index (χ0n) is 18.2. The van der Waals surface area contributed by atoms with Crippen LogP contribution in [0.25, 0.3) is 0 Å². The third-order valence-corrected chi connectivity index (χ3v) is 6.52. The number of hydrogen-bond acceptors (Lipinski definition) is 6. The molecule has 164 valence electrons. The van der Waals surface area contributed by atoms with Crippen molar-refractivity contribution in [3.8, 4) is 0 Å². The zero-order chi connectivity index (χ0) is 22.2. The molecule has 0 saturated heterocycles. The van der Waals surface area contributed by atoms with Gasteiger partial charge in [-0.25, -0.2) is 4.98 Å². The van der Waals surface area contributed by atoms with E-state index in [2.05, 4.69) is 34.5 Å². The average molecular weight is 437 g/mol. The van der Waals surface area contributed by atoms with E-state index in [0.29, 0.717) is 30.2 Å². The molecule has 2 aromatic heterocycles. The van der Waals surface area contributed by atoms with E-state index in [1.54, 1.807) is 6.26 Å². The molecule has 0 bridgehead atoms. The zero-order valence-corrected chi connectivity index (χ0v) is 18.2. The highest BCUT2D eigenvalue weighted by Crippen LogP contribution is 2.37. The van der Waals surface area contributed by atoms with Crippen LogP contribution < -0.4 is 10.2 Å². The standard InChI is InChI=1S/C27H24N4O2/c32-23-16-20(24-11-6-14-33-24)15-22-25(23)26(28-21-9-2-1-3-10-21)30-27(29-22)31-13-12-18-7-4-5-8-19(18)17-31/h1-11,14,20H,12-13,15-17H2,(H,28,29,30). The molecule has 6 rings (SSSR count). The lowest BCUT2D eigenvalue weighted by atomic mass is 9.84. The summed E-state index contributed by atoms with van der Waals surface area (Å²) in [6.45, 7) is 1.60. The van der Waals surface area contributed by atoms with Crippen molar-refractivity contribution in [1.29, 1.82) is 0 Å². The van der Waals surface area contributed by atoms with E-state index in [1.165, 1.54) is 11.1 Å². The number of hydrogen-bond donors (Lipinski definition) is 1. The van der Waals surface area contributed by atoms with Gasteiger partial charge in [0.1, 0.15) is 11.6 Å². The van der Waals surface area contributed by atoms with E-state index in [-0.39, 0.29) is 11.7 Å². The fourth-order valence-corrected chi connectivity index (χ4v) is 4.85. The number of carbonyl (C=O) groups is 1. The molecule has 2 aliphatic rings. The molecule has 0 saturated carbocycles. The van der Waals surface area contributed by atoms with Crippen LogP contribution in [0.5, 0.6) is 0 Å². The number of Topliss-reactive ketones (excluding diaryl/α,β-unsaturated/α-hetero) is 1. The largest absolute Gasteiger partial charge is 0.469 e. The van der Waals surface area contributed by atoms with Crippen LogP contribution in [-0.2, 0) is 19.4 Å². The van der Waals surface area contributed by atoms with Crippen LogP contribution in [-0.4, -0.2) is 22.3 Å². The van der Waals surface area contributed by atoms with Crippen LogP contribution in [0.2, 0.25) is 0 Å². The summed E-state index contributed by atoms with van der Waals surface area (Å²) in [6, 6.07) is 22.2. The van der Waals surface area contributed by atoms with Crippen LogP contribution in [0.1, 0.15) is 45.3 Å². The van der Waals surface area contributed by atoms with Crippen molar-refractivity contribution in [2.24, 2.45) is 0 Å². The number of ketones is 1. The van der Waals surface area contributed by atoms with Gasteiger partial charge in [-0.3, -0.25) is 4.79 Å². The fourth-order valence-electron chi connectivity index (χ4n) is 4.85. The highest BCUT2D eigenvalue weighted by Gasteiger charge is 2.33. The van der Waals surface area contributed by atoms with Crippen LogP contribution in [0.4, 0.5) is 17.5 Å². The lowest BCUT2D eigenvalue weighted by Gasteiger charge is -2.31. The van der Waals surface area contributed by atoms with Crippen molar-refractivity contribution < 1.29 is 9.21 Å². The maximum atomic E-state index is 13.3. The van der Waals surface area contributed by atoms with Crippen molar-refractivity contribution in [2.75, 3.05) is 16.8 Å². The van der Waals surface area contributed by atoms with Crippen molar-refractivity contribution in [3.63, 3.8) is 0 Å². The Hall–Kier alpha value is -3.93. The van der Waals surface area contributed by atoms with Gasteiger partial charge in [0.15, 0.2) is 5.78 Å². The van der Waals surface area contributed by atoms with Gasteiger partial charge in [-0.1, -0.05) is 42.5 Å². The highest BCUT2D eigenvalue weighted by atomic mass is 16.3. The maximum Gasteiger partial charge on any atom is 0.227 e. The number of anilines is 3. The van der Waals surface area contributed by atoms with Gasteiger partial charge in [0.05, 0.1) is 17.5 Å². The molecule has 33 heavy (non-hydrogen) atoms. The number of carbonyl (C=O) groups excluding carboxylic acids is 1. The monoisotopic (exact) mass is 436 g/mol. The lowest BCUT2D eigenvalue weighted by molar-refractivity contribution is 0.0959. The summed E-state index contributed by atoms with van der Waals surface area (Å²) in [6.07, 6.45) is 3.65. The predicted molar refractivity (Wildman–Crippen MR) is 127 cm³/mol. The fraction of sp³-hybridized carbons (Fsp3) is 0.222. The molecule has 1 aliphatic heterocycles. The molecule has 6 heteroatoms. The molecule has 1 aliphatic carbocycles. The van der Waals surface area contributed by atoms with Crippen molar-refractivity contribution in [3.05, 3.63) is 101 Å². The Bertz CT molecular complexity index is 1300. The second-order valence-corrected chi connectivity index (χ2v) is 8.67. The number of nitrogens with one attached hydrogen (secondary N) is 1. The molecule has 0 fully saturated rings. The summed E-state index contributed by atoms with van der Waals surface area (Å²) >= 11 is 0. The molecule has 0 radical (unpaired) electrons. The number of furan rings is 1. The summed E-state index contributed by atoms with van der Waals surface area (Å²) in [5, 5.41) is 3.39. The first kappa shape index (κ1) is 19.7. The van der Waals surface area contributed by atoms with Gasteiger partial charge in [0.2, 0.25) is 5.95 Å². The Morgan fingerprint density at radius 2 is 1.73 bits per heavy atom. The highest BCUT2D eigenvalue weighted by molar-refractivity contribution is 6.03. The quantitative estimate of drug-likeness (QED) is 0.469. The normalized spacial score (nSPS) is 17.4. The second kappa shape index (κ2) is 8.20. The predicted octanol–water partition coefficient (Wildman–Crippen LogP) is 5.29. The van der Waals surface area contributed by atoms with E-state index in [0.717, 1.165) is 36.7 Å². The summed E-state index contributed by atoms with van der Waals surface area (Å²) in [5.41, 5.74) is 4.96. The molecule has 6 nitrogen and oxygen atoms in total. The van der Waals surface area contributed by atoms with Crippen LogP contribution in [0.3, 0.4) is 0 Å². The topological polar surface area (TPSA) is 71.3 Å². The summed E-state index contributed by atoms with van der Waals surface area (Å²) in [4.78, 5) is 25.3. The molecular weight excluding hydrogens is 412 g/mol. The SMILES string of the molecule is O=C1CC(c2ccco2)Cc2nc(N3CCc4ccccc4C3)nc(Nc3ccccc3)c21. The summed E-state index contributed by atoms with van der Waals surface area (Å²) in [7, 11) is 0. The first-order valence-electron chi connectivity index (χ1n) is 11.4. The molecule has 2 aromatic carbocycles. The lowest BCUT2D eigenvalue weighted by Crippen LogP contribution is -2.33. The first-order valence-corrected chi connectivity index (χ1v) is 11.4. The van der Waals surface area contributed by atoms with Crippen LogP contribution in [0, 0.1) is 0 Å². The summed E-state index contributed by atoms with van der Waals surface area (Å²) < 4.78 is 5.63. The smallest absolute Gasteiger partial charge is 0.227 e. The molecule has 1 atom stereocenters. The third-order valence-electron chi connectivity index (χ3n) is 6.52. The second-order valence-electron chi connectivity index (χ2n) is 8.67. The Kier molecular flexibility index (Phi) is 4.91. The van der Waals surface area contributed by atoms with Crippen LogP contribution in [0.15, 0.2) is 77.4 Å². The van der Waals surface area contributed by atoms with E-state index in [9.17, 15) is 4.79 Å². The third kappa shape index (κ3) is 3.78. The number of rotatable bonds is 4. The number of para-hydroxylation sites is 1. The van der Waals surface area contributed by atoms with Crippen molar-refractivity contribution in [1.82, 2.24) is 9.97 Å². The van der Waals surface area contributed by atoms with Gasteiger partial charge in [-0.2, -0.15) is 4.98 Å². The molecule has 4 aromatic rings. The minimum absolute atomic E-state index is 0.00518. The van der Waals surface area contributed by atoms with E-state index >= 15 is 0 Å². The Morgan fingerprint density at radius 1 is 0.909 bits per heavy atom. The van der Waals surface area contributed by atoms with Gasteiger partial charge in [0.25, 0.3) is 0 Å². The van der Waals surface area contributed by atoms with Crippen molar-refractivity contribution in [2.45, 2.75) is 31.7 Å². The molecule has 0 amide bonds. The Morgan fingerprint density at radius 3 is 2.55 bits per heavy atom. The van der Waals surface area contributed by atoms with E-state index < -0.39 is 0 Å². The van der Waals surface area contributed by atoms with E-state index in [1.807, 2.05) is 42.5 Å². The molecule has 0 spiro atoms. The number of benzene rings is 2. The minimum atomic E-state index is -0.00518. The summed E-state index contributed by atoms with van der Waals surface area (Å²) in [5.74, 6) is 2.12. The first-order chi connectivity index (χ1) is 16.2. The van der Waals surface area contributed by atoms with Gasteiger partial charge in [0, 0.05) is 37.5 Å². The van der Waals surface area contributed by atoms with Gasteiger partial charge in [-0.15, -0.1) is 0 Å². The average Bonchev–Trinajstić information content (AvgIpc) is 3.39. The van der Waals surface area contributed by atoms with Gasteiger partial charge < -0.3 is 14.6 Å². The van der Waals surface area contributed by atoms with Gasteiger partial charge in [-0.05, 0) is 41.8 Å². The molecular formula is C27H24N4O2.